The van der Waals surface area contributed by atoms with E-state index in [-0.39, 0.29) is 5.25 Å². The molecule has 0 amide bonds. The van der Waals surface area contributed by atoms with Gasteiger partial charge in [-0.15, -0.1) is 0 Å². The van der Waals surface area contributed by atoms with Crippen molar-refractivity contribution >= 4 is 21.4 Å². The van der Waals surface area contributed by atoms with Crippen molar-refractivity contribution < 1.29 is 8.42 Å². The summed E-state index contributed by atoms with van der Waals surface area (Å²) in [5, 5.41) is 2.85. The number of benzene rings is 1. The Labute approximate surface area is 114 Å². The fourth-order valence-electron chi connectivity index (χ4n) is 2.81. The molecule has 1 N–H and O–H groups in total. The van der Waals surface area contributed by atoms with E-state index in [0.717, 1.165) is 24.5 Å². The molecule has 0 saturated carbocycles. The first-order valence-electron chi connectivity index (χ1n) is 6.63. The molecule has 2 heterocycles. The third kappa shape index (κ3) is 2.08. The van der Waals surface area contributed by atoms with Crippen LogP contribution in [0.2, 0.25) is 0 Å². The molecular formula is C13H19N3O2S. The topological polar surface area (TPSA) is 52.7 Å². The second kappa shape index (κ2) is 4.68. The molecule has 5 nitrogen and oxygen atoms in total. The Morgan fingerprint density at radius 3 is 2.63 bits per heavy atom. The standard InChI is InChI=1S/C13H19N3O2S/c1-15-8-9-16(13-5-3-2-4-12(13)15)19(17,18)11-6-7-14-10-11/h2-5,11,14H,6-10H2,1H3. The number of para-hydroxylation sites is 2. The first kappa shape index (κ1) is 12.7. The molecule has 6 heteroatoms. The first-order valence-corrected chi connectivity index (χ1v) is 8.13. The molecule has 1 aromatic carbocycles. The second-order valence-corrected chi connectivity index (χ2v) is 7.28. The number of sulfonamides is 1. The SMILES string of the molecule is CN1CCN(S(=O)(=O)C2CCNC2)c2ccccc21. The van der Waals surface area contributed by atoms with Crippen LogP contribution in [-0.2, 0) is 10.0 Å². The predicted octanol–water partition coefficient (Wildman–Crippen LogP) is 0.635. The van der Waals surface area contributed by atoms with Crippen molar-refractivity contribution in [1.82, 2.24) is 5.32 Å². The van der Waals surface area contributed by atoms with Gasteiger partial charge in [0.15, 0.2) is 0 Å². The molecule has 1 atom stereocenters. The van der Waals surface area contributed by atoms with Gasteiger partial charge in [0.1, 0.15) is 0 Å². The molecule has 1 aromatic rings. The summed E-state index contributed by atoms with van der Waals surface area (Å²) < 4.78 is 27.0. The highest BCUT2D eigenvalue weighted by Gasteiger charge is 2.37. The fourth-order valence-corrected chi connectivity index (χ4v) is 4.67. The van der Waals surface area contributed by atoms with Crippen LogP contribution in [0.15, 0.2) is 24.3 Å². The van der Waals surface area contributed by atoms with Crippen molar-refractivity contribution in [2.75, 3.05) is 42.4 Å². The monoisotopic (exact) mass is 281 g/mol. The van der Waals surface area contributed by atoms with E-state index in [1.54, 1.807) is 4.31 Å². The molecular weight excluding hydrogens is 262 g/mol. The maximum absolute atomic E-state index is 12.7. The van der Waals surface area contributed by atoms with Crippen LogP contribution < -0.4 is 14.5 Å². The van der Waals surface area contributed by atoms with Gasteiger partial charge in [-0.05, 0) is 25.1 Å². The summed E-state index contributed by atoms with van der Waals surface area (Å²) in [5.74, 6) is 0. The van der Waals surface area contributed by atoms with Crippen LogP contribution >= 0.6 is 0 Å². The Bertz CT molecular complexity index is 567. The normalized spacial score (nSPS) is 23.5. The third-order valence-electron chi connectivity index (χ3n) is 3.94. The van der Waals surface area contributed by atoms with Gasteiger partial charge in [0.05, 0.1) is 23.2 Å². The highest BCUT2D eigenvalue weighted by molar-refractivity contribution is 7.93. The lowest BCUT2D eigenvalue weighted by atomic mass is 10.2. The van der Waals surface area contributed by atoms with Gasteiger partial charge in [0.2, 0.25) is 10.0 Å². The van der Waals surface area contributed by atoms with E-state index in [4.69, 9.17) is 0 Å². The molecule has 3 rings (SSSR count). The number of anilines is 2. The van der Waals surface area contributed by atoms with Crippen LogP contribution in [0.25, 0.3) is 0 Å². The van der Waals surface area contributed by atoms with Crippen LogP contribution in [0.5, 0.6) is 0 Å². The van der Waals surface area contributed by atoms with E-state index < -0.39 is 10.0 Å². The summed E-state index contributed by atoms with van der Waals surface area (Å²) in [7, 11) is -1.25. The highest BCUT2D eigenvalue weighted by atomic mass is 32.2. The Morgan fingerprint density at radius 2 is 1.95 bits per heavy atom. The Kier molecular flexibility index (Phi) is 3.14. The van der Waals surface area contributed by atoms with Crippen LogP contribution in [0.1, 0.15) is 6.42 Å². The van der Waals surface area contributed by atoms with Gasteiger partial charge in [-0.1, -0.05) is 12.1 Å². The zero-order valence-corrected chi connectivity index (χ0v) is 11.9. The number of fused-ring (bicyclic) bond motifs is 1. The molecule has 19 heavy (non-hydrogen) atoms. The van der Waals surface area contributed by atoms with Crippen LogP contribution in [-0.4, -0.2) is 46.9 Å². The van der Waals surface area contributed by atoms with E-state index in [9.17, 15) is 8.42 Å². The molecule has 0 aliphatic carbocycles. The van der Waals surface area contributed by atoms with Crippen molar-refractivity contribution in [3.8, 4) is 0 Å². The lowest BCUT2D eigenvalue weighted by Crippen LogP contribution is -2.46. The minimum absolute atomic E-state index is 0.288. The summed E-state index contributed by atoms with van der Waals surface area (Å²) in [6.07, 6.45) is 0.705. The first-order chi connectivity index (χ1) is 9.10. The van der Waals surface area contributed by atoms with E-state index >= 15 is 0 Å². The molecule has 0 radical (unpaired) electrons. The van der Waals surface area contributed by atoms with E-state index in [0.29, 0.717) is 19.5 Å². The third-order valence-corrected chi connectivity index (χ3v) is 6.18. The number of hydrogen-bond donors (Lipinski definition) is 1. The molecule has 0 bridgehead atoms. The van der Waals surface area contributed by atoms with E-state index in [1.807, 2.05) is 31.3 Å². The van der Waals surface area contributed by atoms with E-state index in [2.05, 4.69) is 10.2 Å². The Morgan fingerprint density at radius 1 is 1.21 bits per heavy atom. The summed E-state index contributed by atoms with van der Waals surface area (Å²) in [5.41, 5.74) is 1.80. The average Bonchev–Trinajstić information content (AvgIpc) is 2.94. The van der Waals surface area contributed by atoms with Gasteiger partial charge in [-0.3, -0.25) is 4.31 Å². The van der Waals surface area contributed by atoms with E-state index in [1.165, 1.54) is 0 Å². The van der Waals surface area contributed by atoms with Crippen molar-refractivity contribution in [2.45, 2.75) is 11.7 Å². The Hall–Kier alpha value is -1.27. The second-order valence-electron chi connectivity index (χ2n) is 5.14. The van der Waals surface area contributed by atoms with Crippen molar-refractivity contribution in [3.05, 3.63) is 24.3 Å². The molecule has 2 aliphatic heterocycles. The van der Waals surface area contributed by atoms with Gasteiger partial charge < -0.3 is 10.2 Å². The number of hydrogen-bond acceptors (Lipinski definition) is 4. The van der Waals surface area contributed by atoms with Crippen LogP contribution in [0.3, 0.4) is 0 Å². The van der Waals surface area contributed by atoms with Crippen LogP contribution in [0.4, 0.5) is 11.4 Å². The number of likely N-dealkylation sites (N-methyl/N-ethyl adjacent to an activating group) is 1. The molecule has 1 unspecified atom stereocenters. The van der Waals surface area contributed by atoms with Crippen molar-refractivity contribution in [2.24, 2.45) is 0 Å². The highest BCUT2D eigenvalue weighted by Crippen LogP contribution is 2.35. The molecule has 0 aromatic heterocycles. The fraction of sp³-hybridized carbons (Fsp3) is 0.538. The lowest BCUT2D eigenvalue weighted by Gasteiger charge is -2.37. The zero-order chi connectivity index (χ0) is 13.5. The van der Waals surface area contributed by atoms with Crippen molar-refractivity contribution in [1.29, 1.82) is 0 Å². The van der Waals surface area contributed by atoms with Gasteiger partial charge >= 0.3 is 0 Å². The number of nitrogens with one attached hydrogen (secondary N) is 1. The molecule has 1 saturated heterocycles. The summed E-state index contributed by atoms with van der Waals surface area (Å²) in [6, 6.07) is 7.71. The molecule has 0 spiro atoms. The smallest absolute Gasteiger partial charge is 0.239 e. The molecule has 1 fully saturated rings. The summed E-state index contributed by atoms with van der Waals surface area (Å²) >= 11 is 0. The molecule has 2 aliphatic rings. The van der Waals surface area contributed by atoms with Gasteiger partial charge in [-0.25, -0.2) is 8.42 Å². The molecule has 104 valence electrons. The zero-order valence-electron chi connectivity index (χ0n) is 11.0. The van der Waals surface area contributed by atoms with Crippen LogP contribution in [0, 0.1) is 0 Å². The Balaban J connectivity index is 2.00. The van der Waals surface area contributed by atoms with Crippen molar-refractivity contribution in [3.63, 3.8) is 0 Å². The summed E-state index contributed by atoms with van der Waals surface area (Å²) in [6.45, 7) is 2.62. The van der Waals surface area contributed by atoms with Gasteiger partial charge in [0.25, 0.3) is 0 Å². The lowest BCUT2D eigenvalue weighted by molar-refractivity contribution is 0.576. The van der Waals surface area contributed by atoms with Gasteiger partial charge in [-0.2, -0.15) is 0 Å². The number of rotatable bonds is 2. The average molecular weight is 281 g/mol. The van der Waals surface area contributed by atoms with Gasteiger partial charge in [0, 0.05) is 20.1 Å². The quantitative estimate of drug-likeness (QED) is 0.864. The summed E-state index contributed by atoms with van der Waals surface area (Å²) in [4.78, 5) is 2.11. The minimum atomic E-state index is -3.25. The maximum atomic E-state index is 12.7. The predicted molar refractivity (Wildman–Crippen MR) is 77.3 cm³/mol. The largest absolute Gasteiger partial charge is 0.371 e. The minimum Gasteiger partial charge on any atom is -0.371 e. The maximum Gasteiger partial charge on any atom is 0.239 e. The number of nitrogens with zero attached hydrogens (tertiary/aromatic N) is 2.